The average Bonchev–Trinajstić information content (AvgIpc) is 2.61. The van der Waals surface area contributed by atoms with Crippen molar-refractivity contribution in [2.45, 2.75) is 0 Å². The fraction of sp³-hybridized carbons (Fsp3) is 0.167. The number of ether oxygens (including phenoxy) is 3. The number of rotatable bonds is 6. The van der Waals surface area contributed by atoms with Gasteiger partial charge in [-0.05, 0) is 36.4 Å². The number of aromatic hydroxyl groups is 3. The molecule has 7 heteroatoms. The summed E-state index contributed by atoms with van der Waals surface area (Å²) in [6, 6.07) is 5.27. The van der Waals surface area contributed by atoms with Crippen molar-refractivity contribution in [3.05, 3.63) is 41.5 Å². The highest BCUT2D eigenvalue weighted by Gasteiger charge is 2.19. The minimum atomic E-state index is -0.400. The second kappa shape index (κ2) is 7.48. The van der Waals surface area contributed by atoms with Gasteiger partial charge < -0.3 is 29.5 Å². The molecule has 0 saturated heterocycles. The highest BCUT2D eigenvalue weighted by molar-refractivity contribution is 6.07. The summed E-state index contributed by atoms with van der Waals surface area (Å²) in [5.74, 6) is -0.834. The molecule has 3 N–H and O–H groups in total. The van der Waals surface area contributed by atoms with Crippen molar-refractivity contribution in [3.8, 4) is 34.5 Å². The third-order valence-electron chi connectivity index (χ3n) is 3.51. The molecule has 0 saturated carbocycles. The molecule has 2 aromatic rings. The van der Waals surface area contributed by atoms with E-state index in [1.54, 1.807) is 0 Å². The Morgan fingerprint density at radius 2 is 1.60 bits per heavy atom. The number of carbonyl (C=O) groups excluding carboxylic acids is 1. The van der Waals surface area contributed by atoms with E-state index in [1.807, 2.05) is 0 Å². The molecule has 0 bridgehead atoms. The Kier molecular flexibility index (Phi) is 5.38. The second-order valence-corrected chi connectivity index (χ2v) is 4.98. The second-order valence-electron chi connectivity index (χ2n) is 4.98. The maximum Gasteiger partial charge on any atom is 0.207 e. The molecule has 0 heterocycles. The van der Waals surface area contributed by atoms with Gasteiger partial charge in [0.15, 0.2) is 28.8 Å². The van der Waals surface area contributed by atoms with Crippen molar-refractivity contribution in [2.24, 2.45) is 0 Å². The van der Waals surface area contributed by atoms with Gasteiger partial charge in [-0.1, -0.05) is 0 Å². The number of ketones is 1. The molecule has 0 unspecified atom stereocenters. The van der Waals surface area contributed by atoms with Crippen LogP contribution >= 0.6 is 0 Å². The Hall–Kier alpha value is -3.35. The normalized spacial score (nSPS) is 10.7. The van der Waals surface area contributed by atoms with Gasteiger partial charge >= 0.3 is 0 Å². The van der Waals surface area contributed by atoms with E-state index in [4.69, 9.17) is 14.2 Å². The highest BCUT2D eigenvalue weighted by Crippen LogP contribution is 2.46. The van der Waals surface area contributed by atoms with E-state index >= 15 is 0 Å². The zero-order valence-corrected chi connectivity index (χ0v) is 13.9. The Labute approximate surface area is 144 Å². The molecule has 25 heavy (non-hydrogen) atoms. The number of phenols is 3. The molecule has 7 nitrogen and oxygen atoms in total. The summed E-state index contributed by atoms with van der Waals surface area (Å²) in [6.07, 6.45) is 2.73. The van der Waals surface area contributed by atoms with Gasteiger partial charge in [0.25, 0.3) is 0 Å². The van der Waals surface area contributed by atoms with Crippen LogP contribution in [-0.4, -0.2) is 42.4 Å². The van der Waals surface area contributed by atoms with Crippen LogP contribution in [0, 0.1) is 0 Å². The fourth-order valence-corrected chi connectivity index (χ4v) is 2.24. The largest absolute Gasteiger partial charge is 0.504 e. The molecule has 0 amide bonds. The molecule has 0 spiro atoms. The number of carbonyl (C=O) groups is 1. The molecule has 132 valence electrons. The quantitative estimate of drug-likeness (QED) is 0.419. The Morgan fingerprint density at radius 1 is 0.920 bits per heavy atom. The molecule has 0 aliphatic carbocycles. The standard InChI is InChI=1S/C18H18O7/c1-23-15-9-11(17(24-2)18(25-3)16(15)22)5-6-12(19)10-4-7-13(20)14(21)8-10/h4-9,20-22H,1-3H3/b6-5+. The summed E-state index contributed by atoms with van der Waals surface area (Å²) in [4.78, 5) is 12.2. The summed E-state index contributed by atoms with van der Waals surface area (Å²) in [5.41, 5.74) is 0.647. The van der Waals surface area contributed by atoms with Gasteiger partial charge in [0.1, 0.15) is 0 Å². The van der Waals surface area contributed by atoms with Crippen molar-refractivity contribution >= 4 is 11.9 Å². The minimum Gasteiger partial charge on any atom is -0.504 e. The lowest BCUT2D eigenvalue weighted by Gasteiger charge is -2.14. The number of hydrogen-bond acceptors (Lipinski definition) is 7. The molecular formula is C18H18O7. The van der Waals surface area contributed by atoms with Crippen LogP contribution in [0.25, 0.3) is 6.08 Å². The van der Waals surface area contributed by atoms with Crippen LogP contribution in [-0.2, 0) is 0 Å². The van der Waals surface area contributed by atoms with Gasteiger partial charge in [-0.2, -0.15) is 0 Å². The molecule has 0 fully saturated rings. The van der Waals surface area contributed by atoms with E-state index in [-0.39, 0.29) is 40.1 Å². The predicted molar refractivity (Wildman–Crippen MR) is 90.9 cm³/mol. The topological polar surface area (TPSA) is 105 Å². The van der Waals surface area contributed by atoms with Crippen LogP contribution in [0.15, 0.2) is 30.3 Å². The lowest BCUT2D eigenvalue weighted by atomic mass is 10.1. The van der Waals surface area contributed by atoms with Gasteiger partial charge in [-0.15, -0.1) is 0 Å². The number of benzene rings is 2. The van der Waals surface area contributed by atoms with Gasteiger partial charge in [-0.25, -0.2) is 0 Å². The van der Waals surface area contributed by atoms with Crippen molar-refractivity contribution in [2.75, 3.05) is 21.3 Å². The average molecular weight is 346 g/mol. The van der Waals surface area contributed by atoms with Gasteiger partial charge in [0.05, 0.1) is 21.3 Å². The number of allylic oxidation sites excluding steroid dienone is 1. The summed E-state index contributed by atoms with van der Waals surface area (Å²) < 4.78 is 15.5. The van der Waals surface area contributed by atoms with E-state index in [0.29, 0.717) is 5.56 Å². The van der Waals surface area contributed by atoms with Crippen molar-refractivity contribution < 1.29 is 34.3 Å². The Bertz CT molecular complexity index is 825. The molecular weight excluding hydrogens is 328 g/mol. The van der Waals surface area contributed by atoms with E-state index in [0.717, 1.165) is 6.07 Å². The maximum atomic E-state index is 12.2. The lowest BCUT2D eigenvalue weighted by molar-refractivity contribution is 0.104. The van der Waals surface area contributed by atoms with Crippen LogP contribution in [0.5, 0.6) is 34.5 Å². The van der Waals surface area contributed by atoms with Gasteiger partial charge in [0, 0.05) is 11.1 Å². The molecule has 2 rings (SSSR count). The third kappa shape index (κ3) is 3.60. The zero-order chi connectivity index (χ0) is 18.6. The first-order valence-electron chi connectivity index (χ1n) is 7.19. The third-order valence-corrected chi connectivity index (χ3v) is 3.51. The zero-order valence-electron chi connectivity index (χ0n) is 13.9. The number of methoxy groups -OCH3 is 3. The molecule has 0 radical (unpaired) electrons. The molecule has 0 atom stereocenters. The molecule has 0 aromatic heterocycles. The van der Waals surface area contributed by atoms with Crippen molar-refractivity contribution in [1.82, 2.24) is 0 Å². The van der Waals surface area contributed by atoms with Crippen LogP contribution in [0.3, 0.4) is 0 Å². The van der Waals surface area contributed by atoms with Crippen LogP contribution in [0.2, 0.25) is 0 Å². The minimum absolute atomic E-state index is 0.0798. The molecule has 2 aromatic carbocycles. The fourth-order valence-electron chi connectivity index (χ4n) is 2.24. The molecule has 0 aliphatic rings. The summed E-state index contributed by atoms with van der Waals surface area (Å²) in [5, 5.41) is 28.8. The van der Waals surface area contributed by atoms with Gasteiger partial charge in [0.2, 0.25) is 11.5 Å². The lowest BCUT2D eigenvalue weighted by Crippen LogP contribution is -1.97. The highest BCUT2D eigenvalue weighted by atomic mass is 16.5. The summed E-state index contributed by atoms with van der Waals surface area (Å²) >= 11 is 0. The first-order valence-corrected chi connectivity index (χ1v) is 7.19. The SMILES string of the molecule is COc1cc(/C=C/C(=O)c2ccc(O)c(O)c2)c(OC)c(OC)c1O. The Balaban J connectivity index is 2.42. The van der Waals surface area contributed by atoms with E-state index in [2.05, 4.69) is 0 Å². The first kappa shape index (κ1) is 18.0. The van der Waals surface area contributed by atoms with Crippen LogP contribution in [0.4, 0.5) is 0 Å². The summed E-state index contributed by atoms with van der Waals surface area (Å²) in [7, 11) is 4.16. The van der Waals surface area contributed by atoms with Gasteiger partial charge in [-0.3, -0.25) is 4.79 Å². The number of hydrogen-bond donors (Lipinski definition) is 3. The summed E-state index contributed by atoms with van der Waals surface area (Å²) in [6.45, 7) is 0. The van der Waals surface area contributed by atoms with Crippen molar-refractivity contribution in [3.63, 3.8) is 0 Å². The first-order chi connectivity index (χ1) is 11.9. The maximum absolute atomic E-state index is 12.2. The van der Waals surface area contributed by atoms with E-state index < -0.39 is 5.78 Å². The number of phenolic OH excluding ortho intramolecular Hbond substituents is 3. The van der Waals surface area contributed by atoms with Crippen LogP contribution < -0.4 is 14.2 Å². The van der Waals surface area contributed by atoms with Crippen LogP contribution in [0.1, 0.15) is 15.9 Å². The molecule has 0 aliphatic heterocycles. The monoisotopic (exact) mass is 346 g/mol. The van der Waals surface area contributed by atoms with Crippen molar-refractivity contribution in [1.29, 1.82) is 0 Å². The van der Waals surface area contributed by atoms with E-state index in [1.165, 1.54) is 51.7 Å². The smallest absolute Gasteiger partial charge is 0.207 e. The Morgan fingerprint density at radius 3 is 2.16 bits per heavy atom. The predicted octanol–water partition coefficient (Wildman–Crippen LogP) is 2.73. The van der Waals surface area contributed by atoms with E-state index in [9.17, 15) is 20.1 Å².